The van der Waals surface area contributed by atoms with Gasteiger partial charge in [-0.05, 0) is 24.3 Å². The van der Waals surface area contributed by atoms with Crippen LogP contribution in [0, 0.1) is 17.2 Å². The van der Waals surface area contributed by atoms with Gasteiger partial charge in [-0.3, -0.25) is 4.99 Å². The van der Waals surface area contributed by atoms with Crippen LogP contribution in [0.2, 0.25) is 0 Å². The largest absolute Gasteiger partial charge is 0.466 e. The molecule has 112 valence electrons. The van der Waals surface area contributed by atoms with Crippen LogP contribution >= 0.6 is 0 Å². The second-order valence-corrected chi connectivity index (χ2v) is 4.92. The summed E-state index contributed by atoms with van der Waals surface area (Å²) in [6.45, 7) is 0. The van der Waals surface area contributed by atoms with Crippen LogP contribution in [0.1, 0.15) is 6.42 Å². The third-order valence-corrected chi connectivity index (χ3v) is 3.27. The molecule has 0 aromatic carbocycles. The van der Waals surface area contributed by atoms with E-state index in [1.165, 1.54) is 12.6 Å². The predicted octanol–water partition coefficient (Wildman–Crippen LogP) is 3.39. The van der Waals surface area contributed by atoms with Gasteiger partial charge in [0.15, 0.2) is 0 Å². The molecule has 5 nitrogen and oxygen atoms in total. The summed E-state index contributed by atoms with van der Waals surface area (Å²) < 4.78 is 5.43. The zero-order chi connectivity index (χ0) is 15.9. The van der Waals surface area contributed by atoms with Gasteiger partial charge in [-0.1, -0.05) is 18.2 Å². The number of hydrogen-bond acceptors (Lipinski definition) is 5. The third kappa shape index (κ3) is 4.11. The molecule has 0 bridgehead atoms. The number of fused-ring (bicyclic) bond motifs is 1. The molecule has 0 saturated heterocycles. The molecule has 5 heteroatoms. The SMILES string of the molecule is N#CC1=C\OC2=C(C2)/N=C/C=C/C2C=CC=C2/N=C/N=C\C=C\1. The van der Waals surface area contributed by atoms with Gasteiger partial charge >= 0.3 is 0 Å². The number of hydrogen-bond donors (Lipinski definition) is 0. The van der Waals surface area contributed by atoms with E-state index in [1.807, 2.05) is 30.4 Å². The monoisotopic (exact) mass is 302 g/mol. The Hall–Kier alpha value is -3.26. The van der Waals surface area contributed by atoms with Gasteiger partial charge in [-0.2, -0.15) is 5.26 Å². The van der Waals surface area contributed by atoms with Gasteiger partial charge in [-0.25, -0.2) is 9.98 Å². The van der Waals surface area contributed by atoms with Crippen LogP contribution in [-0.2, 0) is 4.74 Å². The van der Waals surface area contributed by atoms with E-state index in [-0.39, 0.29) is 5.92 Å². The summed E-state index contributed by atoms with van der Waals surface area (Å²) in [7, 11) is 0. The van der Waals surface area contributed by atoms with Crippen molar-refractivity contribution in [2.75, 3.05) is 0 Å². The van der Waals surface area contributed by atoms with Gasteiger partial charge in [0.1, 0.15) is 24.4 Å². The van der Waals surface area contributed by atoms with Crippen molar-refractivity contribution in [2.45, 2.75) is 6.42 Å². The van der Waals surface area contributed by atoms with Gasteiger partial charge in [0.25, 0.3) is 0 Å². The first kappa shape index (κ1) is 14.7. The van der Waals surface area contributed by atoms with E-state index in [0.717, 1.165) is 17.2 Å². The predicted molar refractivity (Wildman–Crippen MR) is 90.9 cm³/mol. The molecule has 0 aromatic rings. The highest BCUT2D eigenvalue weighted by Crippen LogP contribution is 2.33. The Morgan fingerprint density at radius 1 is 1.13 bits per heavy atom. The number of ether oxygens (including phenoxy) is 1. The van der Waals surface area contributed by atoms with Gasteiger partial charge in [0.05, 0.1) is 23.4 Å². The summed E-state index contributed by atoms with van der Waals surface area (Å²) in [5.74, 6) is 0.924. The minimum Gasteiger partial charge on any atom is -0.466 e. The maximum absolute atomic E-state index is 9.03. The molecule has 0 amide bonds. The molecule has 1 heterocycles. The normalized spacial score (nSPS) is 31.9. The summed E-state index contributed by atoms with van der Waals surface area (Å²) in [4.78, 5) is 12.7. The summed E-state index contributed by atoms with van der Waals surface area (Å²) in [6.07, 6.45) is 20.1. The van der Waals surface area contributed by atoms with E-state index in [4.69, 9.17) is 10.00 Å². The molecule has 0 radical (unpaired) electrons. The van der Waals surface area contributed by atoms with E-state index in [1.54, 1.807) is 24.6 Å². The van der Waals surface area contributed by atoms with Crippen molar-refractivity contribution in [2.24, 2.45) is 20.9 Å². The summed E-state index contributed by atoms with van der Waals surface area (Å²) in [5.41, 5.74) is 2.23. The molecule has 1 atom stereocenters. The van der Waals surface area contributed by atoms with Gasteiger partial charge in [-0.15, -0.1) is 0 Å². The molecule has 0 fully saturated rings. The highest BCUT2D eigenvalue weighted by Gasteiger charge is 2.22. The fraction of sp³-hybridized carbons (Fsp3) is 0.111. The maximum atomic E-state index is 9.03. The zero-order valence-electron chi connectivity index (χ0n) is 12.3. The first-order chi connectivity index (χ1) is 11.4. The molecular weight excluding hydrogens is 288 g/mol. The van der Waals surface area contributed by atoms with Crippen molar-refractivity contribution in [3.8, 4) is 6.07 Å². The molecule has 2 aliphatic carbocycles. The topological polar surface area (TPSA) is 70.1 Å². The number of rotatable bonds is 0. The number of allylic oxidation sites excluding steroid dienone is 9. The smallest absolute Gasteiger partial charge is 0.131 e. The van der Waals surface area contributed by atoms with Crippen LogP contribution in [0.4, 0.5) is 0 Å². The minimum atomic E-state index is 0.134. The van der Waals surface area contributed by atoms with Crippen molar-refractivity contribution in [1.82, 2.24) is 0 Å². The van der Waals surface area contributed by atoms with Crippen molar-refractivity contribution in [3.05, 3.63) is 71.5 Å². The third-order valence-electron chi connectivity index (χ3n) is 3.27. The van der Waals surface area contributed by atoms with E-state index >= 15 is 0 Å². The Balaban J connectivity index is 1.82. The average molecular weight is 302 g/mol. The lowest BCUT2D eigenvalue weighted by atomic mass is 10.1. The highest BCUT2D eigenvalue weighted by atomic mass is 16.5. The summed E-state index contributed by atoms with van der Waals surface area (Å²) >= 11 is 0. The van der Waals surface area contributed by atoms with E-state index < -0.39 is 0 Å². The number of nitriles is 1. The molecule has 1 unspecified atom stereocenters. The second-order valence-electron chi connectivity index (χ2n) is 4.92. The summed E-state index contributed by atoms with van der Waals surface area (Å²) in [5, 5.41) is 9.03. The van der Waals surface area contributed by atoms with Gasteiger partial charge < -0.3 is 4.74 Å². The molecule has 1 aliphatic heterocycles. The van der Waals surface area contributed by atoms with Gasteiger partial charge in [0.2, 0.25) is 0 Å². The fourth-order valence-corrected chi connectivity index (χ4v) is 1.99. The van der Waals surface area contributed by atoms with Crippen LogP contribution < -0.4 is 0 Å². The Labute approximate surface area is 134 Å². The molecule has 3 aliphatic rings. The lowest BCUT2D eigenvalue weighted by Gasteiger charge is -2.01. The Kier molecular flexibility index (Phi) is 4.55. The lowest BCUT2D eigenvalue weighted by Crippen LogP contribution is -1.91. The molecule has 3 rings (SSSR count). The Bertz CT molecular complexity index is 795. The van der Waals surface area contributed by atoms with E-state index in [9.17, 15) is 0 Å². The fourth-order valence-electron chi connectivity index (χ4n) is 1.99. The highest BCUT2D eigenvalue weighted by molar-refractivity contribution is 5.81. The maximum Gasteiger partial charge on any atom is 0.131 e. The first-order valence-corrected chi connectivity index (χ1v) is 7.17. The summed E-state index contributed by atoms with van der Waals surface area (Å²) in [6, 6.07) is 2.05. The van der Waals surface area contributed by atoms with E-state index in [2.05, 4.69) is 21.1 Å². The Morgan fingerprint density at radius 2 is 2.04 bits per heavy atom. The molecule has 0 spiro atoms. The van der Waals surface area contributed by atoms with Crippen LogP contribution in [0.15, 0.2) is 86.5 Å². The number of nitrogens with zero attached hydrogens (tertiary/aromatic N) is 4. The number of aliphatic imine (C=N–C) groups is 3. The zero-order valence-corrected chi connectivity index (χ0v) is 12.3. The van der Waals surface area contributed by atoms with E-state index in [0.29, 0.717) is 12.0 Å². The van der Waals surface area contributed by atoms with Crippen molar-refractivity contribution in [3.63, 3.8) is 0 Å². The molecular formula is C18H14N4O. The van der Waals surface area contributed by atoms with Crippen LogP contribution in [0.3, 0.4) is 0 Å². The minimum absolute atomic E-state index is 0.134. The van der Waals surface area contributed by atoms with Crippen molar-refractivity contribution < 1.29 is 4.74 Å². The standard InChI is InChI=1S/C18H14N4O/c19-11-14-4-2-8-20-13-22-16-7-1-5-15(16)6-3-9-21-17-10-18(17)23-12-14/h1-9,12-13,15H,10H2/b4-2+,6-3+,14-12-,20-8-,21-9+,22-13+. The molecule has 0 aromatic heterocycles. The van der Waals surface area contributed by atoms with Crippen LogP contribution in [0.5, 0.6) is 0 Å². The average Bonchev–Trinajstić information content (AvgIpc) is 3.16. The van der Waals surface area contributed by atoms with Crippen LogP contribution in [0.25, 0.3) is 0 Å². The first-order valence-electron chi connectivity index (χ1n) is 7.17. The van der Waals surface area contributed by atoms with Crippen LogP contribution in [-0.4, -0.2) is 18.8 Å². The molecule has 23 heavy (non-hydrogen) atoms. The second kappa shape index (κ2) is 7.14. The van der Waals surface area contributed by atoms with Crippen molar-refractivity contribution >= 4 is 18.8 Å². The molecule has 0 N–H and O–H groups in total. The quantitative estimate of drug-likeness (QED) is 0.688. The van der Waals surface area contributed by atoms with Crippen molar-refractivity contribution in [1.29, 1.82) is 5.26 Å². The molecule has 0 saturated carbocycles. The van der Waals surface area contributed by atoms with Gasteiger partial charge in [0, 0.05) is 18.3 Å². The Morgan fingerprint density at radius 3 is 2.96 bits per heavy atom. The lowest BCUT2D eigenvalue weighted by molar-refractivity contribution is 0.369.